The summed E-state index contributed by atoms with van der Waals surface area (Å²) >= 11 is 0. The SMILES string of the molecule is C=O.N.[He]. The van der Waals surface area contributed by atoms with Crippen molar-refractivity contribution < 1.29 is 10.9 Å². The second-order valence-electron chi connectivity index (χ2n) is 0. The van der Waals surface area contributed by atoms with Crippen LogP contribution in [0.2, 0.25) is 0 Å². The molecule has 0 aromatic heterocycles. The standard InChI is InChI=1S/CH2O.He.H3N/c1-2;;/h1H2;;1H3. The van der Waals surface area contributed by atoms with Gasteiger partial charge in [0.25, 0.3) is 0 Å². The van der Waals surface area contributed by atoms with Gasteiger partial charge in [-0.05, 0) is 0 Å². The fourth-order valence-electron chi connectivity index (χ4n) is 0. The Labute approximate surface area is 25.2 Å². The summed E-state index contributed by atoms with van der Waals surface area (Å²) in [6, 6.07) is 0. The van der Waals surface area contributed by atoms with Crippen LogP contribution in [0.5, 0.6) is 0 Å². The van der Waals surface area contributed by atoms with Gasteiger partial charge in [-0.15, -0.1) is 0 Å². The van der Waals surface area contributed by atoms with Crippen LogP contribution in [0.3, 0.4) is 0 Å². The third-order valence-electron chi connectivity index (χ3n) is 0. The van der Waals surface area contributed by atoms with Gasteiger partial charge in [0, 0.05) is 6.15 Å². The Morgan fingerprint density at radius 1 is 1.25 bits per heavy atom. The third-order valence-corrected chi connectivity index (χ3v) is 0. The first kappa shape index (κ1) is 78.5. The fraction of sp³-hybridized carbons (Fsp3) is 0. The Morgan fingerprint density at radius 2 is 1.25 bits per heavy atom. The van der Waals surface area contributed by atoms with Crippen molar-refractivity contribution in [3.05, 3.63) is 0 Å². The van der Waals surface area contributed by atoms with Crippen molar-refractivity contribution in [2.45, 2.75) is 0 Å². The molecule has 22 valence electrons. The van der Waals surface area contributed by atoms with E-state index in [0.717, 1.165) is 0 Å². The number of carbonyl (C=O) groups is 1. The molecule has 4 heavy (non-hydrogen) atoms. The van der Waals surface area contributed by atoms with Crippen molar-refractivity contribution >= 4 is 6.79 Å². The number of hydrogen-bond donors (Lipinski definition) is 1. The van der Waals surface area contributed by atoms with E-state index in [0.29, 0.717) is 0 Å². The quantitative estimate of drug-likeness (QED) is 0.420. The van der Waals surface area contributed by atoms with Crippen LogP contribution < -0.4 is 6.15 Å². The van der Waals surface area contributed by atoms with Gasteiger partial charge in [0.1, 0.15) is 6.79 Å². The van der Waals surface area contributed by atoms with Gasteiger partial charge in [-0.2, -0.15) is 0 Å². The fourth-order valence-corrected chi connectivity index (χ4v) is 0. The molecule has 0 amide bonds. The molecule has 0 fully saturated rings. The van der Waals surface area contributed by atoms with Crippen LogP contribution in [0.15, 0.2) is 0 Å². The van der Waals surface area contributed by atoms with E-state index in [1.807, 2.05) is 6.79 Å². The Morgan fingerprint density at radius 3 is 1.25 bits per heavy atom. The molecule has 0 bridgehead atoms. The van der Waals surface area contributed by atoms with E-state index in [4.69, 9.17) is 4.79 Å². The first-order valence-electron chi connectivity index (χ1n) is 0.289. The first-order chi connectivity index (χ1) is 1.00. The van der Waals surface area contributed by atoms with Crippen molar-refractivity contribution in [2.75, 3.05) is 0 Å². The second kappa shape index (κ2) is 28.3. The van der Waals surface area contributed by atoms with Crippen LogP contribution in [0.4, 0.5) is 0 Å². The molecule has 0 radical (unpaired) electrons. The van der Waals surface area contributed by atoms with Crippen LogP contribution in [0, 0.1) is 6.15 Å². The summed E-state index contributed by atoms with van der Waals surface area (Å²) in [5.74, 6) is 0. The summed E-state index contributed by atoms with van der Waals surface area (Å²) in [6.45, 7) is 2.00. The van der Waals surface area contributed by atoms with Gasteiger partial charge in [-0.1, -0.05) is 0 Å². The summed E-state index contributed by atoms with van der Waals surface area (Å²) in [6.07, 6.45) is 0. The predicted octanol–water partition coefficient (Wildman–Crippen LogP) is -0.0229. The van der Waals surface area contributed by atoms with Gasteiger partial charge in [0.05, 0.1) is 0 Å². The van der Waals surface area contributed by atoms with Crippen LogP contribution >= 0.6 is 0 Å². The minimum absolute atomic E-state index is 0. The topological polar surface area (TPSA) is 52.1 Å². The minimum Gasteiger partial charge on any atom is -0.344 e. The van der Waals surface area contributed by atoms with Gasteiger partial charge in [-0.3, -0.25) is 0 Å². The molecule has 0 aliphatic carbocycles. The van der Waals surface area contributed by atoms with Gasteiger partial charge in [-0.25, -0.2) is 0 Å². The summed E-state index contributed by atoms with van der Waals surface area (Å²) in [5, 5.41) is 0. The van der Waals surface area contributed by atoms with Crippen LogP contribution in [-0.4, -0.2) is 6.79 Å². The van der Waals surface area contributed by atoms with Crippen molar-refractivity contribution in [3.63, 3.8) is 0 Å². The van der Waals surface area contributed by atoms with E-state index >= 15 is 0 Å². The number of carbonyl (C=O) groups excluding carboxylic acids is 1. The Balaban J connectivity index is -0.00000000500. The van der Waals surface area contributed by atoms with Gasteiger partial charge >= 0.3 is 0 Å². The minimum atomic E-state index is 0. The molecule has 3 N–H and O–H groups in total. The molecule has 2 nitrogen and oxygen atoms in total. The Bertz CT molecular complexity index is 8.00. The van der Waals surface area contributed by atoms with Crippen LogP contribution in [0.25, 0.3) is 0 Å². The van der Waals surface area contributed by atoms with Crippen molar-refractivity contribution in [1.82, 2.24) is 6.15 Å². The molecule has 3 heteroatoms. The summed E-state index contributed by atoms with van der Waals surface area (Å²) in [5.41, 5.74) is 0. The zero-order valence-corrected chi connectivity index (χ0v) is 2.53. The van der Waals surface area contributed by atoms with E-state index < -0.39 is 0 Å². The maximum atomic E-state index is 8.00. The predicted molar refractivity (Wildman–Crippen MR) is 12.1 cm³/mol. The average molecular weight is 51.1 g/mol. The van der Waals surface area contributed by atoms with E-state index in [2.05, 4.69) is 0 Å². The average Bonchev–Trinajstić information content (AvgIpc) is 1.00. The van der Waals surface area contributed by atoms with E-state index in [9.17, 15) is 0 Å². The molecule has 0 spiro atoms. The molecule has 0 saturated carbocycles. The smallest absolute Gasteiger partial charge is 0.106 e. The molecule has 0 unspecified atom stereocenters. The van der Waals surface area contributed by atoms with E-state index in [-0.39, 0.29) is 12.3 Å². The zero-order chi connectivity index (χ0) is 2.00. The normalized spacial score (nSPS) is 1.00. The summed E-state index contributed by atoms with van der Waals surface area (Å²) in [4.78, 5) is 8.00. The molecular formula is CH5HeNO. The maximum Gasteiger partial charge on any atom is 0.106 e. The van der Waals surface area contributed by atoms with Crippen molar-refractivity contribution in [3.8, 4) is 0 Å². The maximum absolute atomic E-state index is 8.00. The molecule has 0 heterocycles. The van der Waals surface area contributed by atoms with Gasteiger partial charge in [0.2, 0.25) is 0 Å². The molecular weight excluding hydrogens is 46.0 g/mol. The molecule has 0 aliphatic rings. The summed E-state index contributed by atoms with van der Waals surface area (Å²) < 4.78 is 0. The molecule has 0 aliphatic heterocycles. The van der Waals surface area contributed by atoms with E-state index in [1.165, 1.54) is 0 Å². The van der Waals surface area contributed by atoms with Gasteiger partial charge < -0.3 is 10.9 Å². The third kappa shape index (κ3) is 2.11. The van der Waals surface area contributed by atoms with Crippen LogP contribution in [0.1, 0.15) is 0 Å². The van der Waals surface area contributed by atoms with Gasteiger partial charge in [0.15, 0.2) is 0 Å². The zero-order valence-electron chi connectivity index (χ0n) is 2.53. The molecule has 0 aromatic rings. The Hall–Kier alpha value is -0.461. The molecule has 0 saturated heterocycles. The number of rotatable bonds is 0. The first-order valence-corrected chi connectivity index (χ1v) is 0.289. The molecule has 0 atom stereocenters. The van der Waals surface area contributed by atoms with Crippen molar-refractivity contribution in [1.29, 1.82) is 0 Å². The second-order valence-corrected chi connectivity index (χ2v) is 0. The Kier molecular flexibility index (Phi) is 556. The monoisotopic (exact) mass is 51.0 g/mol. The molecule has 0 aromatic carbocycles. The van der Waals surface area contributed by atoms with Crippen LogP contribution in [-0.2, 0) is 4.79 Å². The largest absolute Gasteiger partial charge is 0.344 e. The summed E-state index contributed by atoms with van der Waals surface area (Å²) in [7, 11) is 0. The molecule has 0 rings (SSSR count). The van der Waals surface area contributed by atoms with E-state index in [1.54, 1.807) is 0 Å². The van der Waals surface area contributed by atoms with Crippen molar-refractivity contribution in [2.24, 2.45) is 0 Å². The number of hydrogen-bond acceptors (Lipinski definition) is 2.